The van der Waals surface area contributed by atoms with Crippen LogP contribution in [0.2, 0.25) is 0 Å². The minimum Gasteiger partial charge on any atom is -0.467 e. The fourth-order valence-electron chi connectivity index (χ4n) is 1.87. The Morgan fingerprint density at radius 1 is 1.29 bits per heavy atom. The van der Waals surface area contributed by atoms with Crippen molar-refractivity contribution in [3.05, 3.63) is 39.9 Å². The molecule has 0 saturated heterocycles. The quantitative estimate of drug-likeness (QED) is 0.768. The van der Waals surface area contributed by atoms with Crippen LogP contribution in [-0.2, 0) is 16.4 Å². The van der Waals surface area contributed by atoms with Crippen molar-refractivity contribution in [3.8, 4) is 6.01 Å². The van der Waals surface area contributed by atoms with Gasteiger partial charge in [-0.3, -0.25) is 4.72 Å². The van der Waals surface area contributed by atoms with Gasteiger partial charge in [0.05, 0.1) is 12.8 Å². The molecular weight excluding hydrogens is 410 g/mol. The highest BCUT2D eigenvalue weighted by atomic mass is 79.9. The van der Waals surface area contributed by atoms with Crippen LogP contribution in [0.3, 0.4) is 0 Å². The topological polar surface area (TPSA) is 94.1 Å². The third-order valence-corrected chi connectivity index (χ3v) is 4.50. The number of hydrogen-bond donors (Lipinski definition) is 1. The van der Waals surface area contributed by atoms with Crippen molar-refractivity contribution in [1.82, 2.24) is 15.0 Å². The first-order valence-electron chi connectivity index (χ1n) is 6.55. The molecule has 0 unspecified atom stereocenters. The average Bonchev–Trinajstić information content (AvgIpc) is 2.50. The highest BCUT2D eigenvalue weighted by Crippen LogP contribution is 2.29. The van der Waals surface area contributed by atoms with Crippen molar-refractivity contribution in [1.29, 1.82) is 0 Å². The number of anilines is 1. The van der Waals surface area contributed by atoms with Crippen molar-refractivity contribution >= 4 is 31.6 Å². The third-order valence-electron chi connectivity index (χ3n) is 2.88. The standard InChI is InChI=1S/C13H13BrF2N4O3S/c1-7-17-10(19-13(18-7)23-2)6-8-4-3-5-9(14)11(8)20-24(21,22)12(15)16/h3-5,12,20H,6H2,1-2H3. The minimum atomic E-state index is -4.80. The van der Waals surface area contributed by atoms with Gasteiger partial charge in [-0.15, -0.1) is 0 Å². The number of nitrogens with zero attached hydrogens (tertiary/aromatic N) is 3. The summed E-state index contributed by atoms with van der Waals surface area (Å²) in [7, 11) is -3.40. The Hall–Kier alpha value is -1.88. The van der Waals surface area contributed by atoms with Gasteiger partial charge >= 0.3 is 11.8 Å². The number of halogens is 3. The molecule has 0 aliphatic heterocycles. The van der Waals surface area contributed by atoms with Crippen LogP contribution in [0.15, 0.2) is 22.7 Å². The molecule has 0 atom stereocenters. The lowest BCUT2D eigenvalue weighted by molar-refractivity contribution is 0.236. The van der Waals surface area contributed by atoms with Gasteiger partial charge in [0.1, 0.15) is 11.6 Å². The van der Waals surface area contributed by atoms with Gasteiger partial charge in [0.25, 0.3) is 10.0 Å². The average molecular weight is 423 g/mol. The fourth-order valence-corrected chi connectivity index (χ4v) is 3.12. The number of sulfonamides is 1. The lowest BCUT2D eigenvalue weighted by atomic mass is 10.1. The van der Waals surface area contributed by atoms with Crippen LogP contribution in [0.25, 0.3) is 0 Å². The van der Waals surface area contributed by atoms with Crippen molar-refractivity contribution in [2.24, 2.45) is 0 Å². The predicted molar refractivity (Wildman–Crippen MR) is 86.6 cm³/mol. The monoisotopic (exact) mass is 422 g/mol. The van der Waals surface area contributed by atoms with Gasteiger partial charge < -0.3 is 4.74 Å². The van der Waals surface area contributed by atoms with E-state index in [-0.39, 0.29) is 18.1 Å². The number of ether oxygens (including phenoxy) is 1. The van der Waals surface area contributed by atoms with Crippen LogP contribution in [-0.4, -0.2) is 36.2 Å². The van der Waals surface area contributed by atoms with E-state index in [4.69, 9.17) is 4.74 Å². The summed E-state index contributed by atoms with van der Waals surface area (Å²) in [6.07, 6.45) is 0.0975. The lowest BCUT2D eigenvalue weighted by Crippen LogP contribution is -2.21. The number of hydrogen-bond acceptors (Lipinski definition) is 6. The van der Waals surface area contributed by atoms with Gasteiger partial charge in [-0.1, -0.05) is 12.1 Å². The molecule has 0 aliphatic carbocycles. The fraction of sp³-hybridized carbons (Fsp3) is 0.308. The van der Waals surface area contributed by atoms with Gasteiger partial charge in [0.2, 0.25) is 0 Å². The summed E-state index contributed by atoms with van der Waals surface area (Å²) in [5, 5.41) is 0. The number of rotatable bonds is 6. The van der Waals surface area contributed by atoms with Crippen molar-refractivity contribution in [2.75, 3.05) is 11.8 Å². The molecule has 1 heterocycles. The molecule has 130 valence electrons. The maximum Gasteiger partial charge on any atom is 0.355 e. The maximum absolute atomic E-state index is 12.6. The highest BCUT2D eigenvalue weighted by Gasteiger charge is 2.26. The molecule has 0 radical (unpaired) electrons. The third kappa shape index (κ3) is 4.35. The Labute approximate surface area is 145 Å². The van der Waals surface area contributed by atoms with E-state index in [1.807, 2.05) is 4.72 Å². The van der Waals surface area contributed by atoms with Crippen LogP contribution in [0.1, 0.15) is 17.2 Å². The van der Waals surface area contributed by atoms with E-state index >= 15 is 0 Å². The molecule has 7 nitrogen and oxygen atoms in total. The van der Waals surface area contributed by atoms with Crippen LogP contribution in [0, 0.1) is 6.92 Å². The summed E-state index contributed by atoms with van der Waals surface area (Å²) in [6, 6.07) is 4.87. The van der Waals surface area contributed by atoms with Crippen LogP contribution >= 0.6 is 15.9 Å². The first-order chi connectivity index (χ1) is 11.2. The predicted octanol–water partition coefficient (Wildman–Crippen LogP) is 2.51. The van der Waals surface area contributed by atoms with E-state index in [1.165, 1.54) is 13.2 Å². The molecule has 0 spiro atoms. The second-order valence-electron chi connectivity index (χ2n) is 4.64. The van der Waals surface area contributed by atoms with E-state index in [1.54, 1.807) is 19.1 Å². The van der Waals surface area contributed by atoms with Gasteiger partial charge in [-0.2, -0.15) is 18.7 Å². The van der Waals surface area contributed by atoms with E-state index in [0.717, 1.165) is 0 Å². The van der Waals surface area contributed by atoms with E-state index in [2.05, 4.69) is 30.9 Å². The Morgan fingerprint density at radius 3 is 2.62 bits per heavy atom. The van der Waals surface area contributed by atoms with Crippen molar-refractivity contribution < 1.29 is 21.9 Å². The number of nitrogens with one attached hydrogen (secondary N) is 1. The van der Waals surface area contributed by atoms with Crippen molar-refractivity contribution in [3.63, 3.8) is 0 Å². The molecule has 0 saturated carbocycles. The normalized spacial score (nSPS) is 11.6. The lowest BCUT2D eigenvalue weighted by Gasteiger charge is -2.14. The van der Waals surface area contributed by atoms with Crippen LogP contribution in [0.4, 0.5) is 14.5 Å². The number of para-hydroxylation sites is 1. The zero-order valence-corrected chi connectivity index (χ0v) is 15.0. The number of aryl methyl sites for hydroxylation is 1. The molecule has 0 fully saturated rings. The Bertz CT molecular complexity index is 849. The SMILES string of the molecule is COc1nc(C)nc(Cc2cccc(Br)c2NS(=O)(=O)C(F)F)n1. The summed E-state index contributed by atoms with van der Waals surface area (Å²) in [6.45, 7) is 1.65. The first kappa shape index (κ1) is 18.5. The zero-order chi connectivity index (χ0) is 17.9. The molecule has 2 rings (SSSR count). The van der Waals surface area contributed by atoms with Crippen LogP contribution in [0.5, 0.6) is 6.01 Å². The van der Waals surface area contributed by atoms with Crippen molar-refractivity contribution in [2.45, 2.75) is 19.1 Å². The van der Waals surface area contributed by atoms with Crippen LogP contribution < -0.4 is 9.46 Å². The maximum atomic E-state index is 12.6. The van der Waals surface area contributed by atoms with Gasteiger partial charge in [-0.05, 0) is 34.5 Å². The molecule has 11 heteroatoms. The number of methoxy groups -OCH3 is 1. The second kappa shape index (κ2) is 7.34. The number of aromatic nitrogens is 3. The number of alkyl halides is 2. The summed E-state index contributed by atoms with van der Waals surface area (Å²) in [5.74, 6) is -2.81. The Kier molecular flexibility index (Phi) is 5.65. The Balaban J connectivity index is 2.41. The Morgan fingerprint density at radius 2 is 2.00 bits per heavy atom. The molecular formula is C13H13BrF2N4O3S. The molecule has 0 bridgehead atoms. The van der Waals surface area contributed by atoms with E-state index in [9.17, 15) is 17.2 Å². The molecule has 1 N–H and O–H groups in total. The first-order valence-corrected chi connectivity index (χ1v) is 8.89. The molecule has 0 amide bonds. The summed E-state index contributed by atoms with van der Waals surface area (Å²) in [4.78, 5) is 12.2. The summed E-state index contributed by atoms with van der Waals surface area (Å²) >= 11 is 3.16. The smallest absolute Gasteiger partial charge is 0.355 e. The van der Waals surface area contributed by atoms with Gasteiger partial charge in [0, 0.05) is 10.9 Å². The van der Waals surface area contributed by atoms with E-state index < -0.39 is 15.8 Å². The largest absolute Gasteiger partial charge is 0.467 e. The molecule has 0 aliphatic rings. The molecule has 24 heavy (non-hydrogen) atoms. The highest BCUT2D eigenvalue weighted by molar-refractivity contribution is 9.10. The summed E-state index contributed by atoms with van der Waals surface area (Å²) in [5.41, 5.74) is 0.427. The summed E-state index contributed by atoms with van der Waals surface area (Å²) < 4.78 is 55.4. The molecule has 2 aromatic rings. The zero-order valence-electron chi connectivity index (χ0n) is 12.6. The number of benzene rings is 1. The minimum absolute atomic E-state index is 0.00910. The molecule has 1 aromatic heterocycles. The molecule has 1 aromatic carbocycles. The second-order valence-corrected chi connectivity index (χ2v) is 7.15. The van der Waals surface area contributed by atoms with Gasteiger partial charge in [-0.25, -0.2) is 13.4 Å². The van der Waals surface area contributed by atoms with Gasteiger partial charge in [0.15, 0.2) is 0 Å². The van der Waals surface area contributed by atoms with E-state index in [0.29, 0.717) is 21.7 Å².